The summed E-state index contributed by atoms with van der Waals surface area (Å²) in [5.74, 6) is -0.102. The van der Waals surface area contributed by atoms with E-state index in [0.717, 1.165) is 46.3 Å². The minimum absolute atomic E-state index is 0.110. The van der Waals surface area contributed by atoms with E-state index in [1.165, 1.54) is 4.90 Å². The van der Waals surface area contributed by atoms with Crippen molar-refractivity contribution in [2.45, 2.75) is 58.2 Å². The first-order valence-corrected chi connectivity index (χ1v) is 14.8. The first-order chi connectivity index (χ1) is 17.1. The second-order valence-electron chi connectivity index (χ2n) is 9.01. The van der Waals surface area contributed by atoms with Gasteiger partial charge in [0.2, 0.25) is 21.8 Å². The predicted octanol–water partition coefficient (Wildman–Crippen LogP) is 4.09. The lowest BCUT2D eigenvalue weighted by atomic mass is 10.1. The number of carbonyl (C=O) groups excluding carboxylic acids is 2. The number of hydrogen-bond donors (Lipinski definition) is 1. The Morgan fingerprint density at radius 3 is 2.39 bits per heavy atom. The van der Waals surface area contributed by atoms with E-state index >= 15 is 0 Å². The van der Waals surface area contributed by atoms with E-state index in [1.807, 2.05) is 31.2 Å². The summed E-state index contributed by atoms with van der Waals surface area (Å²) in [5, 5.41) is 3.06. The molecule has 0 saturated heterocycles. The second-order valence-corrected chi connectivity index (χ2v) is 11.8. The smallest absolute Gasteiger partial charge is 0.244 e. The molecule has 0 aromatic heterocycles. The molecule has 2 amide bonds. The van der Waals surface area contributed by atoms with Crippen LogP contribution < -0.4 is 14.4 Å². The topological polar surface area (TPSA) is 96.0 Å². The Morgan fingerprint density at radius 1 is 1.14 bits per heavy atom. The summed E-state index contributed by atoms with van der Waals surface area (Å²) in [5.41, 5.74) is 1.17. The maximum atomic E-state index is 13.6. The number of anilines is 1. The van der Waals surface area contributed by atoms with Crippen LogP contribution in [0.4, 0.5) is 5.69 Å². The van der Waals surface area contributed by atoms with Crippen molar-refractivity contribution in [1.29, 1.82) is 0 Å². The molecule has 1 saturated carbocycles. The van der Waals surface area contributed by atoms with Crippen LogP contribution in [0, 0.1) is 0 Å². The van der Waals surface area contributed by atoms with E-state index in [0.29, 0.717) is 18.0 Å². The van der Waals surface area contributed by atoms with Crippen molar-refractivity contribution in [2.75, 3.05) is 23.7 Å². The van der Waals surface area contributed by atoms with Crippen molar-refractivity contribution in [3.63, 3.8) is 0 Å². The van der Waals surface area contributed by atoms with Crippen LogP contribution in [-0.4, -0.2) is 56.6 Å². The first kappa shape index (κ1) is 28.0. The molecular weight excluding hydrogens is 546 g/mol. The van der Waals surface area contributed by atoms with Crippen molar-refractivity contribution in [3.05, 3.63) is 58.6 Å². The van der Waals surface area contributed by atoms with Crippen LogP contribution in [0.25, 0.3) is 0 Å². The number of nitrogens with zero attached hydrogens (tertiary/aromatic N) is 2. The summed E-state index contributed by atoms with van der Waals surface area (Å²) in [6.07, 6.45) is 5.07. The first-order valence-electron chi connectivity index (χ1n) is 12.1. The van der Waals surface area contributed by atoms with Gasteiger partial charge in [-0.3, -0.25) is 13.9 Å². The number of carbonyl (C=O) groups is 2. The SMILES string of the molecule is CCOc1ccc(N(CC(=O)N(Cc2cccc(Br)c2)[C@@H](C)C(=O)NC2CCCC2)S(C)(=O)=O)cc1. The van der Waals surface area contributed by atoms with E-state index < -0.39 is 28.5 Å². The van der Waals surface area contributed by atoms with Crippen molar-refractivity contribution < 1.29 is 22.7 Å². The van der Waals surface area contributed by atoms with Crippen LogP contribution in [0.1, 0.15) is 45.1 Å². The van der Waals surface area contributed by atoms with Gasteiger partial charge in [0.05, 0.1) is 18.6 Å². The number of benzene rings is 2. The van der Waals surface area contributed by atoms with Crippen molar-refractivity contribution in [3.8, 4) is 5.75 Å². The number of rotatable bonds is 11. The predicted molar refractivity (Wildman–Crippen MR) is 144 cm³/mol. The summed E-state index contributed by atoms with van der Waals surface area (Å²) >= 11 is 3.45. The average molecular weight is 581 g/mol. The minimum atomic E-state index is -3.78. The van der Waals surface area contributed by atoms with Crippen LogP contribution in [0.2, 0.25) is 0 Å². The quantitative estimate of drug-likeness (QED) is 0.432. The maximum Gasteiger partial charge on any atom is 0.244 e. The van der Waals surface area contributed by atoms with Crippen LogP contribution >= 0.6 is 15.9 Å². The zero-order chi connectivity index (χ0) is 26.3. The number of sulfonamides is 1. The Bertz CT molecular complexity index is 1150. The minimum Gasteiger partial charge on any atom is -0.494 e. The molecule has 8 nitrogen and oxygen atoms in total. The Balaban J connectivity index is 1.86. The third-order valence-electron chi connectivity index (χ3n) is 6.23. The highest BCUT2D eigenvalue weighted by Crippen LogP contribution is 2.23. The molecule has 1 aliphatic rings. The van der Waals surface area contributed by atoms with Crippen molar-refractivity contribution in [1.82, 2.24) is 10.2 Å². The summed E-state index contributed by atoms with van der Waals surface area (Å²) in [6.45, 7) is 3.76. The van der Waals surface area contributed by atoms with Gasteiger partial charge in [0, 0.05) is 17.1 Å². The molecule has 1 aliphatic carbocycles. The monoisotopic (exact) mass is 579 g/mol. The number of hydrogen-bond acceptors (Lipinski definition) is 5. The van der Waals surface area contributed by atoms with Gasteiger partial charge in [-0.25, -0.2) is 8.42 Å². The molecule has 0 radical (unpaired) electrons. The second kappa shape index (κ2) is 12.6. The molecule has 3 rings (SSSR count). The maximum absolute atomic E-state index is 13.6. The Hall–Kier alpha value is -2.59. The van der Waals surface area contributed by atoms with Crippen LogP contribution in [0.3, 0.4) is 0 Å². The fourth-order valence-electron chi connectivity index (χ4n) is 4.30. The molecule has 0 heterocycles. The fourth-order valence-corrected chi connectivity index (χ4v) is 5.59. The summed E-state index contributed by atoms with van der Waals surface area (Å²) in [4.78, 5) is 28.2. The number of halogens is 1. The molecule has 196 valence electrons. The zero-order valence-corrected chi connectivity index (χ0v) is 23.3. The van der Waals surface area contributed by atoms with Crippen molar-refractivity contribution in [2.24, 2.45) is 0 Å². The molecule has 1 fully saturated rings. The number of amides is 2. The van der Waals surface area contributed by atoms with Gasteiger partial charge < -0.3 is 15.0 Å². The van der Waals surface area contributed by atoms with E-state index in [-0.39, 0.29) is 18.5 Å². The fraction of sp³-hybridized carbons (Fsp3) is 0.462. The third kappa shape index (κ3) is 7.70. The average Bonchev–Trinajstić information content (AvgIpc) is 3.33. The van der Waals surface area contributed by atoms with Gasteiger partial charge in [0.15, 0.2) is 0 Å². The highest BCUT2D eigenvalue weighted by atomic mass is 79.9. The zero-order valence-electron chi connectivity index (χ0n) is 20.9. The van der Waals surface area contributed by atoms with Crippen LogP contribution in [0.15, 0.2) is 53.0 Å². The lowest BCUT2D eigenvalue weighted by Gasteiger charge is -2.32. The molecule has 2 aromatic rings. The molecular formula is C26H34BrN3O5S. The molecule has 0 unspecified atom stereocenters. The normalized spacial score (nSPS) is 14.8. The Morgan fingerprint density at radius 2 is 1.81 bits per heavy atom. The molecule has 0 bridgehead atoms. The Kier molecular flexibility index (Phi) is 9.78. The summed E-state index contributed by atoms with van der Waals surface area (Å²) in [7, 11) is -3.78. The van der Waals surface area contributed by atoms with Gasteiger partial charge in [-0.2, -0.15) is 0 Å². The van der Waals surface area contributed by atoms with Gasteiger partial charge in [-0.15, -0.1) is 0 Å². The molecule has 1 N–H and O–H groups in total. The van der Waals surface area contributed by atoms with E-state index in [1.54, 1.807) is 31.2 Å². The van der Waals surface area contributed by atoms with Gasteiger partial charge in [-0.1, -0.05) is 40.9 Å². The van der Waals surface area contributed by atoms with Crippen LogP contribution in [-0.2, 0) is 26.2 Å². The Labute approximate surface area is 222 Å². The summed E-state index contributed by atoms with van der Waals surface area (Å²) in [6, 6.07) is 13.4. The van der Waals surface area contributed by atoms with Gasteiger partial charge >= 0.3 is 0 Å². The number of nitrogens with one attached hydrogen (secondary N) is 1. The molecule has 2 aromatic carbocycles. The number of ether oxygens (including phenoxy) is 1. The lowest BCUT2D eigenvalue weighted by Crippen LogP contribution is -2.52. The largest absolute Gasteiger partial charge is 0.494 e. The van der Waals surface area contributed by atoms with Crippen LogP contribution in [0.5, 0.6) is 5.75 Å². The molecule has 10 heteroatoms. The molecule has 36 heavy (non-hydrogen) atoms. The van der Waals surface area contributed by atoms with Gasteiger partial charge in [-0.05, 0) is 68.7 Å². The standard InChI is InChI=1S/C26H34BrN3O5S/c1-4-35-24-14-12-23(13-15-24)30(36(3,33)34)18-25(31)29(17-20-8-7-9-21(27)16-20)19(2)26(32)28-22-10-5-6-11-22/h7-9,12-16,19,22H,4-6,10-11,17-18H2,1-3H3,(H,28,32)/t19-/m0/s1. The van der Waals surface area contributed by atoms with E-state index in [2.05, 4.69) is 21.2 Å². The highest BCUT2D eigenvalue weighted by molar-refractivity contribution is 9.10. The lowest BCUT2D eigenvalue weighted by molar-refractivity contribution is -0.139. The van der Waals surface area contributed by atoms with E-state index in [9.17, 15) is 18.0 Å². The van der Waals surface area contributed by atoms with E-state index in [4.69, 9.17) is 4.74 Å². The van der Waals surface area contributed by atoms with Gasteiger partial charge in [0.25, 0.3) is 0 Å². The van der Waals surface area contributed by atoms with Crippen molar-refractivity contribution >= 4 is 43.5 Å². The molecule has 1 atom stereocenters. The third-order valence-corrected chi connectivity index (χ3v) is 7.86. The molecule has 0 aliphatic heterocycles. The van der Waals surface area contributed by atoms with Gasteiger partial charge in [0.1, 0.15) is 18.3 Å². The molecule has 0 spiro atoms. The highest BCUT2D eigenvalue weighted by Gasteiger charge is 2.31. The summed E-state index contributed by atoms with van der Waals surface area (Å²) < 4.78 is 32.7.